The molecule has 1 aromatic rings. The summed E-state index contributed by atoms with van der Waals surface area (Å²) in [5, 5.41) is 9.27. The van der Waals surface area contributed by atoms with Crippen molar-refractivity contribution < 1.29 is 14.3 Å². The lowest BCUT2D eigenvalue weighted by molar-refractivity contribution is -0.128. The Kier molecular flexibility index (Phi) is 8.75. The van der Waals surface area contributed by atoms with Crippen LogP contribution in [0.15, 0.2) is 23.2 Å². The minimum atomic E-state index is -0.588. The molecule has 0 aliphatic heterocycles. The number of nitrogens with zero attached hydrogens (tertiary/aromatic N) is 1. The summed E-state index contributed by atoms with van der Waals surface area (Å²) in [4.78, 5) is 16.7. The highest BCUT2D eigenvalue weighted by Gasteiger charge is 2.26. The Morgan fingerprint density at radius 2 is 1.81 bits per heavy atom. The van der Waals surface area contributed by atoms with E-state index in [0.29, 0.717) is 43.7 Å². The third kappa shape index (κ3) is 6.46. The fourth-order valence-electron chi connectivity index (χ4n) is 2.21. The number of rotatable bonds is 9. The lowest BCUT2D eigenvalue weighted by atomic mass is 9.92. The van der Waals surface area contributed by atoms with E-state index in [2.05, 4.69) is 20.9 Å². The van der Waals surface area contributed by atoms with Crippen LogP contribution in [0, 0.1) is 5.41 Å². The van der Waals surface area contributed by atoms with E-state index in [0.717, 1.165) is 5.69 Å². The average Bonchev–Trinajstić information content (AvgIpc) is 2.61. The Morgan fingerprint density at radius 1 is 1.12 bits per heavy atom. The second kappa shape index (κ2) is 10.5. The Hall–Kier alpha value is -2.44. The lowest BCUT2D eigenvalue weighted by Gasteiger charge is -2.22. The van der Waals surface area contributed by atoms with E-state index in [4.69, 9.17) is 9.47 Å². The number of hydrogen-bond acceptors (Lipinski definition) is 4. The van der Waals surface area contributed by atoms with Crippen molar-refractivity contribution in [3.8, 4) is 11.5 Å². The molecular formula is C19H32N4O3. The molecule has 0 spiro atoms. The molecule has 7 nitrogen and oxygen atoms in total. The van der Waals surface area contributed by atoms with Gasteiger partial charge in [0.15, 0.2) is 17.5 Å². The first-order valence-corrected chi connectivity index (χ1v) is 9.02. The van der Waals surface area contributed by atoms with Crippen molar-refractivity contribution in [3.05, 3.63) is 18.2 Å². The predicted octanol–water partition coefficient (Wildman–Crippen LogP) is 2.63. The Labute approximate surface area is 156 Å². The number of nitrogens with one attached hydrogen (secondary N) is 3. The summed E-state index contributed by atoms with van der Waals surface area (Å²) in [6.07, 6.45) is 0. The predicted molar refractivity (Wildman–Crippen MR) is 106 cm³/mol. The summed E-state index contributed by atoms with van der Waals surface area (Å²) in [5.41, 5.74) is 0.232. The standard InChI is InChI=1S/C19H32N4O3/c1-7-20-17(24)19(4,5)13-22-18(21-8-2)23-14-10-11-15(26-9-3)16(12-14)25-6/h10-12H,7-9,13H2,1-6H3,(H,20,24)(H2,21,22,23). The number of methoxy groups -OCH3 is 1. The van der Waals surface area contributed by atoms with Gasteiger partial charge in [-0.2, -0.15) is 0 Å². The van der Waals surface area contributed by atoms with Crippen molar-refractivity contribution in [1.82, 2.24) is 10.6 Å². The second-order valence-electron chi connectivity index (χ2n) is 6.36. The highest BCUT2D eigenvalue weighted by atomic mass is 16.5. The number of carbonyl (C=O) groups is 1. The van der Waals surface area contributed by atoms with Gasteiger partial charge in [-0.3, -0.25) is 9.79 Å². The van der Waals surface area contributed by atoms with Crippen LogP contribution >= 0.6 is 0 Å². The topological polar surface area (TPSA) is 84.0 Å². The summed E-state index contributed by atoms with van der Waals surface area (Å²) in [6, 6.07) is 5.61. The number of amides is 1. The zero-order valence-electron chi connectivity index (χ0n) is 16.7. The minimum absolute atomic E-state index is 0.0117. The van der Waals surface area contributed by atoms with Crippen molar-refractivity contribution in [1.29, 1.82) is 0 Å². The van der Waals surface area contributed by atoms with Crippen LogP contribution in [0.4, 0.5) is 5.69 Å². The summed E-state index contributed by atoms with van der Waals surface area (Å²) in [6.45, 7) is 11.8. The van der Waals surface area contributed by atoms with E-state index >= 15 is 0 Å². The van der Waals surface area contributed by atoms with Crippen molar-refractivity contribution in [2.45, 2.75) is 34.6 Å². The van der Waals surface area contributed by atoms with Crippen molar-refractivity contribution >= 4 is 17.6 Å². The number of ether oxygens (including phenoxy) is 2. The summed E-state index contributed by atoms with van der Waals surface area (Å²) in [5.74, 6) is 1.94. The fourth-order valence-corrected chi connectivity index (χ4v) is 2.21. The maximum absolute atomic E-state index is 12.1. The molecule has 1 amide bonds. The second-order valence-corrected chi connectivity index (χ2v) is 6.36. The molecule has 1 rings (SSSR count). The van der Waals surface area contributed by atoms with Gasteiger partial charge >= 0.3 is 0 Å². The van der Waals surface area contributed by atoms with Gasteiger partial charge in [0.1, 0.15) is 0 Å². The third-order valence-electron chi connectivity index (χ3n) is 3.65. The maximum atomic E-state index is 12.1. The lowest BCUT2D eigenvalue weighted by Crippen LogP contribution is -2.40. The molecule has 0 saturated heterocycles. The third-order valence-corrected chi connectivity index (χ3v) is 3.65. The van der Waals surface area contributed by atoms with Crippen LogP contribution < -0.4 is 25.4 Å². The van der Waals surface area contributed by atoms with Gasteiger partial charge in [0, 0.05) is 24.8 Å². The first kappa shape index (κ1) is 21.6. The van der Waals surface area contributed by atoms with E-state index < -0.39 is 5.41 Å². The SMILES string of the molecule is CCNC(=O)C(C)(C)CN=C(NCC)Nc1ccc(OCC)c(OC)c1. The van der Waals surface area contributed by atoms with Crippen LogP contribution in [0.2, 0.25) is 0 Å². The molecule has 0 bridgehead atoms. The molecule has 7 heteroatoms. The Bertz CT molecular complexity index is 615. The number of aliphatic imine (C=N–C) groups is 1. The van der Waals surface area contributed by atoms with E-state index in [9.17, 15) is 4.79 Å². The van der Waals surface area contributed by atoms with Gasteiger partial charge in [0.25, 0.3) is 0 Å². The quantitative estimate of drug-likeness (QED) is 0.463. The van der Waals surface area contributed by atoms with Gasteiger partial charge in [-0.1, -0.05) is 0 Å². The average molecular weight is 364 g/mol. The van der Waals surface area contributed by atoms with Gasteiger partial charge in [-0.05, 0) is 46.8 Å². The largest absolute Gasteiger partial charge is 0.493 e. The van der Waals surface area contributed by atoms with Gasteiger partial charge < -0.3 is 25.4 Å². The molecule has 0 aliphatic carbocycles. The molecule has 0 atom stereocenters. The summed E-state index contributed by atoms with van der Waals surface area (Å²) in [7, 11) is 1.61. The van der Waals surface area contributed by atoms with Crippen molar-refractivity contribution in [2.24, 2.45) is 10.4 Å². The normalized spacial score (nSPS) is 11.7. The zero-order valence-corrected chi connectivity index (χ0v) is 16.7. The molecule has 0 heterocycles. The first-order valence-electron chi connectivity index (χ1n) is 9.02. The molecule has 0 radical (unpaired) electrons. The molecule has 146 valence electrons. The Balaban J connectivity index is 2.92. The molecule has 26 heavy (non-hydrogen) atoms. The maximum Gasteiger partial charge on any atom is 0.227 e. The highest BCUT2D eigenvalue weighted by Crippen LogP contribution is 2.30. The van der Waals surface area contributed by atoms with Gasteiger partial charge in [-0.25, -0.2) is 0 Å². The summed E-state index contributed by atoms with van der Waals surface area (Å²) >= 11 is 0. The van der Waals surface area contributed by atoms with Crippen LogP contribution in [0.1, 0.15) is 34.6 Å². The van der Waals surface area contributed by atoms with E-state index in [1.165, 1.54) is 0 Å². The summed E-state index contributed by atoms with van der Waals surface area (Å²) < 4.78 is 10.9. The first-order chi connectivity index (χ1) is 12.4. The number of benzene rings is 1. The van der Waals surface area contributed by atoms with E-state index in [1.54, 1.807) is 7.11 Å². The number of anilines is 1. The minimum Gasteiger partial charge on any atom is -0.493 e. The molecule has 0 fully saturated rings. The fraction of sp³-hybridized carbons (Fsp3) is 0.579. The smallest absolute Gasteiger partial charge is 0.227 e. The molecule has 3 N–H and O–H groups in total. The van der Waals surface area contributed by atoms with Gasteiger partial charge in [-0.15, -0.1) is 0 Å². The van der Waals surface area contributed by atoms with Crippen LogP contribution in [-0.2, 0) is 4.79 Å². The van der Waals surface area contributed by atoms with Crippen LogP contribution in [0.3, 0.4) is 0 Å². The molecule has 0 aliphatic rings. The van der Waals surface area contributed by atoms with E-state index in [-0.39, 0.29) is 5.91 Å². The highest BCUT2D eigenvalue weighted by molar-refractivity contribution is 5.94. The number of hydrogen-bond donors (Lipinski definition) is 3. The molecule has 1 aromatic carbocycles. The van der Waals surface area contributed by atoms with Crippen molar-refractivity contribution in [3.63, 3.8) is 0 Å². The van der Waals surface area contributed by atoms with E-state index in [1.807, 2.05) is 52.8 Å². The zero-order chi connectivity index (χ0) is 19.6. The van der Waals surface area contributed by atoms with Gasteiger partial charge in [0.05, 0.1) is 25.7 Å². The molecule has 0 saturated carbocycles. The molecule has 0 unspecified atom stereocenters. The number of carbonyl (C=O) groups excluding carboxylic acids is 1. The van der Waals surface area contributed by atoms with Crippen LogP contribution in [-0.4, -0.2) is 45.2 Å². The van der Waals surface area contributed by atoms with Crippen LogP contribution in [0.5, 0.6) is 11.5 Å². The molecular weight excluding hydrogens is 332 g/mol. The monoisotopic (exact) mass is 364 g/mol. The van der Waals surface area contributed by atoms with Gasteiger partial charge in [0.2, 0.25) is 5.91 Å². The van der Waals surface area contributed by atoms with Crippen LogP contribution in [0.25, 0.3) is 0 Å². The number of guanidine groups is 1. The van der Waals surface area contributed by atoms with Crippen molar-refractivity contribution in [2.75, 3.05) is 38.7 Å². The Morgan fingerprint density at radius 3 is 2.38 bits per heavy atom. The molecule has 0 aromatic heterocycles.